The number of carbonyl (C=O) groups is 3. The number of ether oxygens (including phenoxy) is 1. The van der Waals surface area contributed by atoms with Crippen LogP contribution in [0, 0.1) is 16.0 Å². The summed E-state index contributed by atoms with van der Waals surface area (Å²) in [6, 6.07) is 5.41. The molecule has 0 bridgehead atoms. The number of likely N-dealkylation sites (tertiary alicyclic amines) is 1. The minimum Gasteiger partial charge on any atom is -0.477 e. The van der Waals surface area contributed by atoms with Crippen molar-refractivity contribution < 1.29 is 34.3 Å². The van der Waals surface area contributed by atoms with E-state index in [1.165, 1.54) is 52.8 Å². The number of nitro groups is 1. The van der Waals surface area contributed by atoms with Crippen LogP contribution in [0.15, 0.2) is 34.9 Å². The Bertz CT molecular complexity index is 1020. The number of thioether (sulfide) groups is 1. The van der Waals surface area contributed by atoms with Gasteiger partial charge in [0.05, 0.1) is 23.0 Å². The van der Waals surface area contributed by atoms with Gasteiger partial charge in [0, 0.05) is 41.8 Å². The number of amides is 2. The van der Waals surface area contributed by atoms with Crippen molar-refractivity contribution in [1.29, 1.82) is 0 Å². The maximum atomic E-state index is 12.4. The van der Waals surface area contributed by atoms with Crippen LogP contribution in [0.25, 0.3) is 0 Å². The summed E-state index contributed by atoms with van der Waals surface area (Å²) in [5.74, 6) is -2.13. The number of non-ortho nitro benzene ring substituents is 1. The lowest BCUT2D eigenvalue weighted by Gasteiger charge is -2.44. The monoisotopic (exact) mass is 477 g/mol. The second-order valence-electron chi connectivity index (χ2n) is 8.28. The number of hydrogen-bond donors (Lipinski definition) is 2. The van der Waals surface area contributed by atoms with Crippen LogP contribution in [0.3, 0.4) is 0 Å². The van der Waals surface area contributed by atoms with Gasteiger partial charge in [0.25, 0.3) is 5.69 Å². The average Bonchev–Trinajstić information content (AvgIpc) is 3.35. The number of carbonyl (C=O) groups excluding carboxylic acids is 2. The van der Waals surface area contributed by atoms with E-state index in [9.17, 15) is 34.7 Å². The number of fused-ring (bicyclic) bond motifs is 1. The van der Waals surface area contributed by atoms with Gasteiger partial charge in [-0.1, -0.05) is 0 Å². The van der Waals surface area contributed by atoms with Crippen molar-refractivity contribution in [3.05, 3.63) is 50.5 Å². The predicted molar refractivity (Wildman–Crippen MR) is 116 cm³/mol. The van der Waals surface area contributed by atoms with E-state index in [4.69, 9.17) is 4.74 Å². The highest BCUT2D eigenvalue weighted by Crippen LogP contribution is 2.48. The molecule has 0 unspecified atom stereocenters. The molecule has 0 radical (unpaired) electrons. The van der Waals surface area contributed by atoms with Gasteiger partial charge in [-0.2, -0.15) is 0 Å². The summed E-state index contributed by atoms with van der Waals surface area (Å²) in [4.78, 5) is 50.2. The Morgan fingerprint density at radius 3 is 2.64 bits per heavy atom. The van der Waals surface area contributed by atoms with Crippen molar-refractivity contribution in [3.8, 4) is 0 Å². The van der Waals surface area contributed by atoms with Gasteiger partial charge in [-0.3, -0.25) is 14.9 Å². The van der Waals surface area contributed by atoms with Gasteiger partial charge >= 0.3 is 12.1 Å². The Hall–Kier alpha value is -3.12. The molecular formula is C21H23N3O8S. The van der Waals surface area contributed by atoms with E-state index in [-0.39, 0.29) is 35.2 Å². The number of nitrogens with zero attached hydrogens (tertiary/aromatic N) is 3. The molecule has 4 rings (SSSR count). The molecule has 2 saturated heterocycles. The van der Waals surface area contributed by atoms with E-state index < -0.39 is 29.0 Å². The van der Waals surface area contributed by atoms with E-state index in [2.05, 4.69) is 0 Å². The molecule has 0 aromatic heterocycles. The standard InChI is InChI=1S/C21H23N3O8S/c1-11(25)17-15-8-16(18(20(27)28)23(15)19(17)26)33-14-6-7-22(9-14)21(29)32-10-12-2-4-13(5-3-12)24(30)31/h2-5,11,14-15,17,25H,6-10H2,1H3,(H,27,28)/t11-,14+,15-,17+/m1/s1. The molecule has 12 heteroatoms. The number of carboxylic acids is 1. The first-order valence-corrected chi connectivity index (χ1v) is 11.3. The second kappa shape index (κ2) is 9.02. The van der Waals surface area contributed by atoms with E-state index >= 15 is 0 Å². The lowest BCUT2D eigenvalue weighted by Crippen LogP contribution is -2.61. The Balaban J connectivity index is 1.32. The van der Waals surface area contributed by atoms with Gasteiger partial charge in [0.15, 0.2) is 0 Å². The zero-order chi connectivity index (χ0) is 23.9. The summed E-state index contributed by atoms with van der Waals surface area (Å²) in [7, 11) is 0. The highest BCUT2D eigenvalue weighted by atomic mass is 32.2. The zero-order valence-electron chi connectivity index (χ0n) is 17.7. The van der Waals surface area contributed by atoms with Crippen molar-refractivity contribution >= 4 is 35.4 Å². The molecule has 4 atom stereocenters. The topological polar surface area (TPSA) is 151 Å². The molecule has 2 fully saturated rings. The fourth-order valence-electron chi connectivity index (χ4n) is 4.48. The molecule has 3 aliphatic rings. The van der Waals surface area contributed by atoms with Gasteiger partial charge in [-0.05, 0) is 31.0 Å². The molecule has 3 heterocycles. The number of rotatable bonds is 7. The van der Waals surface area contributed by atoms with Crippen LogP contribution < -0.4 is 0 Å². The van der Waals surface area contributed by atoms with Gasteiger partial charge in [-0.15, -0.1) is 11.8 Å². The molecular weight excluding hydrogens is 454 g/mol. The molecule has 2 amide bonds. The minimum absolute atomic E-state index is 0.0149. The van der Waals surface area contributed by atoms with Crippen LogP contribution in [-0.2, 0) is 20.9 Å². The molecule has 33 heavy (non-hydrogen) atoms. The second-order valence-corrected chi connectivity index (χ2v) is 9.67. The van der Waals surface area contributed by atoms with Crippen LogP contribution in [0.2, 0.25) is 0 Å². The van der Waals surface area contributed by atoms with E-state index in [1.54, 1.807) is 0 Å². The largest absolute Gasteiger partial charge is 0.477 e. The summed E-state index contributed by atoms with van der Waals surface area (Å²) in [6.45, 7) is 2.34. The Kier molecular flexibility index (Phi) is 6.30. The molecule has 0 saturated carbocycles. The summed E-state index contributed by atoms with van der Waals surface area (Å²) in [5.41, 5.74) is 0.562. The normalized spacial score (nSPS) is 25.0. The molecule has 1 aromatic rings. The first-order chi connectivity index (χ1) is 15.7. The summed E-state index contributed by atoms with van der Waals surface area (Å²) >= 11 is 1.36. The maximum absolute atomic E-state index is 12.4. The van der Waals surface area contributed by atoms with Gasteiger partial charge in [0.1, 0.15) is 12.3 Å². The Morgan fingerprint density at radius 1 is 1.33 bits per heavy atom. The van der Waals surface area contributed by atoms with Gasteiger partial charge in [-0.25, -0.2) is 9.59 Å². The zero-order valence-corrected chi connectivity index (χ0v) is 18.6. The summed E-state index contributed by atoms with van der Waals surface area (Å²) in [5, 5.41) is 30.2. The molecule has 176 valence electrons. The van der Waals surface area contributed by atoms with Crippen LogP contribution in [0.1, 0.15) is 25.3 Å². The Labute approximate surface area is 193 Å². The van der Waals surface area contributed by atoms with Crippen LogP contribution in [-0.4, -0.2) is 73.4 Å². The van der Waals surface area contributed by atoms with Crippen molar-refractivity contribution in [3.63, 3.8) is 0 Å². The lowest BCUT2D eigenvalue weighted by molar-refractivity contribution is -0.384. The highest BCUT2D eigenvalue weighted by Gasteiger charge is 2.57. The predicted octanol–water partition coefficient (Wildman–Crippen LogP) is 1.95. The minimum atomic E-state index is -1.17. The smallest absolute Gasteiger partial charge is 0.410 e. The van der Waals surface area contributed by atoms with Gasteiger partial charge < -0.3 is 24.7 Å². The fourth-order valence-corrected chi connectivity index (χ4v) is 5.92. The number of aliphatic hydroxyl groups excluding tert-OH is 1. The fraction of sp³-hybridized carbons (Fsp3) is 0.476. The first-order valence-electron chi connectivity index (χ1n) is 10.5. The summed E-state index contributed by atoms with van der Waals surface area (Å²) < 4.78 is 5.31. The van der Waals surface area contributed by atoms with E-state index in [0.717, 1.165) is 0 Å². The van der Waals surface area contributed by atoms with Crippen molar-refractivity contribution in [2.75, 3.05) is 13.1 Å². The van der Waals surface area contributed by atoms with Crippen LogP contribution in [0.5, 0.6) is 0 Å². The molecule has 0 aliphatic carbocycles. The number of hydrogen-bond acceptors (Lipinski definition) is 8. The van der Waals surface area contributed by atoms with Crippen molar-refractivity contribution in [2.45, 2.75) is 43.8 Å². The third-order valence-electron chi connectivity index (χ3n) is 6.11. The SMILES string of the molecule is C[C@@H](O)[C@@H]1C(=O)N2C(C(=O)O)=C(S[C@H]3CCN(C(=O)OCc4ccc([N+](=O)[O-])cc4)C3)C[C@H]12. The quantitative estimate of drug-likeness (QED) is 0.341. The Morgan fingerprint density at radius 2 is 2.03 bits per heavy atom. The maximum Gasteiger partial charge on any atom is 0.410 e. The molecule has 1 aromatic carbocycles. The third kappa shape index (κ3) is 4.40. The number of aliphatic hydroxyl groups is 1. The van der Waals surface area contributed by atoms with E-state index in [0.29, 0.717) is 36.4 Å². The van der Waals surface area contributed by atoms with Crippen molar-refractivity contribution in [2.24, 2.45) is 5.92 Å². The van der Waals surface area contributed by atoms with Gasteiger partial charge in [0.2, 0.25) is 5.91 Å². The van der Waals surface area contributed by atoms with Crippen LogP contribution >= 0.6 is 11.8 Å². The number of aliphatic carboxylic acids is 1. The first kappa shape index (κ1) is 23.1. The van der Waals surface area contributed by atoms with Crippen LogP contribution in [0.4, 0.5) is 10.5 Å². The molecule has 11 nitrogen and oxygen atoms in total. The number of nitro benzene ring substituents is 1. The lowest BCUT2D eigenvalue weighted by atomic mass is 9.83. The van der Waals surface area contributed by atoms with E-state index in [1.807, 2.05) is 0 Å². The number of benzene rings is 1. The van der Waals surface area contributed by atoms with Crippen molar-refractivity contribution in [1.82, 2.24) is 9.80 Å². The summed E-state index contributed by atoms with van der Waals surface area (Å²) in [6.07, 6.45) is -0.324. The number of β-lactam (4-membered cyclic amide) rings is 1. The number of carboxylic acid groups (broad SMARTS) is 1. The molecule has 2 N–H and O–H groups in total. The third-order valence-corrected chi connectivity index (χ3v) is 7.47. The molecule has 3 aliphatic heterocycles. The highest BCUT2D eigenvalue weighted by molar-refractivity contribution is 8.03. The average molecular weight is 477 g/mol. The molecule has 0 spiro atoms.